The first kappa shape index (κ1) is 9.26. The Hall–Kier alpha value is -1.30. The van der Waals surface area contributed by atoms with Crippen molar-refractivity contribution in [3.63, 3.8) is 0 Å². The van der Waals surface area contributed by atoms with Gasteiger partial charge in [0, 0.05) is 6.20 Å². The molecule has 0 saturated carbocycles. The highest BCUT2D eigenvalue weighted by molar-refractivity contribution is 9.10. The number of pyridine rings is 1. The fraction of sp³-hybridized carbons (Fsp3) is 0.125. The molecule has 14 heavy (non-hydrogen) atoms. The second-order valence-electron chi connectivity index (χ2n) is 2.67. The molecule has 0 spiro atoms. The fourth-order valence-electron chi connectivity index (χ4n) is 1.02. The van der Waals surface area contributed by atoms with E-state index in [2.05, 4.69) is 31.0 Å². The van der Waals surface area contributed by atoms with Gasteiger partial charge >= 0.3 is 0 Å². The maximum Gasteiger partial charge on any atom is 0.192 e. The number of aryl methyl sites for hydroxylation is 1. The van der Waals surface area contributed by atoms with Gasteiger partial charge in [0.25, 0.3) is 0 Å². The molecule has 2 heterocycles. The summed E-state index contributed by atoms with van der Waals surface area (Å²) in [6, 6.07) is 1.53. The van der Waals surface area contributed by atoms with Crippen molar-refractivity contribution < 1.29 is 4.39 Å². The molecule has 0 unspecified atom stereocenters. The van der Waals surface area contributed by atoms with Crippen LogP contribution < -0.4 is 0 Å². The van der Waals surface area contributed by atoms with E-state index in [9.17, 15) is 4.39 Å². The predicted molar refractivity (Wildman–Crippen MR) is 51.5 cm³/mol. The number of hydrogen-bond donors (Lipinski definition) is 0. The van der Waals surface area contributed by atoms with Crippen LogP contribution in [0.15, 0.2) is 23.1 Å². The fourth-order valence-corrected chi connectivity index (χ4v) is 1.31. The molecule has 0 saturated heterocycles. The molecule has 72 valence electrons. The largest absolute Gasteiger partial charge is 0.234 e. The van der Waals surface area contributed by atoms with E-state index < -0.39 is 5.82 Å². The maximum atomic E-state index is 13.5. The number of nitrogens with zero attached hydrogens (tertiary/aromatic N) is 4. The highest BCUT2D eigenvalue weighted by Crippen LogP contribution is 2.18. The molecule has 0 aromatic carbocycles. The minimum Gasteiger partial charge on any atom is -0.234 e. The smallest absolute Gasteiger partial charge is 0.192 e. The highest BCUT2D eigenvalue weighted by Gasteiger charge is 2.10. The van der Waals surface area contributed by atoms with Crippen molar-refractivity contribution in [1.29, 1.82) is 0 Å². The van der Waals surface area contributed by atoms with E-state index >= 15 is 0 Å². The van der Waals surface area contributed by atoms with Crippen molar-refractivity contribution >= 4 is 15.9 Å². The third kappa shape index (κ3) is 1.52. The highest BCUT2D eigenvalue weighted by atomic mass is 79.9. The lowest BCUT2D eigenvalue weighted by molar-refractivity contribution is 0.593. The molecule has 0 atom stereocenters. The van der Waals surface area contributed by atoms with E-state index in [1.807, 2.05) is 0 Å². The van der Waals surface area contributed by atoms with Crippen LogP contribution in [0, 0.1) is 12.7 Å². The Morgan fingerprint density at radius 1 is 1.43 bits per heavy atom. The molecule has 0 fully saturated rings. The van der Waals surface area contributed by atoms with Crippen molar-refractivity contribution in [2.75, 3.05) is 0 Å². The van der Waals surface area contributed by atoms with Crippen LogP contribution in [0.2, 0.25) is 0 Å². The van der Waals surface area contributed by atoms with Crippen LogP contribution in [-0.4, -0.2) is 19.7 Å². The molecule has 2 rings (SSSR count). The lowest BCUT2D eigenvalue weighted by atomic mass is 10.4. The van der Waals surface area contributed by atoms with E-state index in [1.54, 1.807) is 6.92 Å². The average Bonchev–Trinajstić information content (AvgIpc) is 2.57. The zero-order chi connectivity index (χ0) is 10.1. The van der Waals surface area contributed by atoms with Crippen molar-refractivity contribution in [1.82, 2.24) is 19.7 Å². The quantitative estimate of drug-likeness (QED) is 0.783. The molecule has 4 nitrogen and oxygen atoms in total. The van der Waals surface area contributed by atoms with E-state index in [0.29, 0.717) is 10.3 Å². The van der Waals surface area contributed by atoms with Crippen LogP contribution in [0.3, 0.4) is 0 Å². The van der Waals surface area contributed by atoms with E-state index in [-0.39, 0.29) is 5.82 Å². The van der Waals surface area contributed by atoms with Crippen LogP contribution >= 0.6 is 15.9 Å². The molecular formula is C8H6BrFN4. The Bertz CT molecular complexity index is 468. The summed E-state index contributed by atoms with van der Waals surface area (Å²) in [5.74, 6) is 0.267. The summed E-state index contributed by atoms with van der Waals surface area (Å²) in [7, 11) is 0. The number of halogens is 2. The molecule has 2 aromatic heterocycles. The second kappa shape index (κ2) is 3.45. The first-order chi connectivity index (χ1) is 6.68. The Kier molecular flexibility index (Phi) is 2.28. The molecule has 0 N–H and O–H groups in total. The lowest BCUT2D eigenvalue weighted by Gasteiger charge is -2.01. The van der Waals surface area contributed by atoms with Crippen LogP contribution in [0.25, 0.3) is 5.82 Å². The monoisotopic (exact) mass is 256 g/mol. The number of hydrogen-bond acceptors (Lipinski definition) is 3. The van der Waals surface area contributed by atoms with Crippen LogP contribution in [-0.2, 0) is 0 Å². The molecule has 6 heteroatoms. The van der Waals surface area contributed by atoms with E-state index in [0.717, 1.165) is 0 Å². The molecule has 0 aliphatic rings. The summed E-state index contributed by atoms with van der Waals surface area (Å²) in [5, 5.41) is 3.97. The normalized spacial score (nSPS) is 10.5. The van der Waals surface area contributed by atoms with Gasteiger partial charge in [-0.3, -0.25) is 0 Å². The van der Waals surface area contributed by atoms with Crippen molar-refractivity contribution in [3.8, 4) is 5.82 Å². The Morgan fingerprint density at radius 2 is 2.21 bits per heavy atom. The van der Waals surface area contributed by atoms with Gasteiger partial charge in [-0.25, -0.2) is 14.4 Å². The van der Waals surface area contributed by atoms with Crippen molar-refractivity contribution in [3.05, 3.63) is 34.7 Å². The van der Waals surface area contributed by atoms with Gasteiger partial charge < -0.3 is 0 Å². The molecule has 0 aliphatic heterocycles. The van der Waals surface area contributed by atoms with E-state index in [4.69, 9.17) is 0 Å². The molecular weight excluding hydrogens is 251 g/mol. The Labute approximate surface area is 87.9 Å². The van der Waals surface area contributed by atoms with Gasteiger partial charge in [0.2, 0.25) is 0 Å². The van der Waals surface area contributed by atoms with Gasteiger partial charge in [-0.2, -0.15) is 9.78 Å². The third-order valence-electron chi connectivity index (χ3n) is 1.65. The zero-order valence-electron chi connectivity index (χ0n) is 7.28. The predicted octanol–water partition coefficient (Wildman–Crippen LogP) is 1.87. The molecule has 0 bridgehead atoms. The minimum atomic E-state index is -0.447. The molecule has 2 aromatic rings. The molecule has 0 amide bonds. The second-order valence-corrected chi connectivity index (χ2v) is 3.52. The van der Waals surface area contributed by atoms with Gasteiger partial charge in [-0.1, -0.05) is 0 Å². The number of rotatable bonds is 1. The summed E-state index contributed by atoms with van der Waals surface area (Å²) in [6.45, 7) is 1.73. The van der Waals surface area contributed by atoms with Gasteiger partial charge in [0.05, 0.1) is 4.47 Å². The Balaban J connectivity index is 2.57. The summed E-state index contributed by atoms with van der Waals surface area (Å²) < 4.78 is 15.2. The van der Waals surface area contributed by atoms with Gasteiger partial charge in [0.15, 0.2) is 11.6 Å². The van der Waals surface area contributed by atoms with Crippen LogP contribution in [0.1, 0.15) is 5.82 Å². The zero-order valence-corrected chi connectivity index (χ0v) is 8.86. The average molecular weight is 257 g/mol. The van der Waals surface area contributed by atoms with Crippen molar-refractivity contribution in [2.45, 2.75) is 6.92 Å². The SMILES string of the molecule is Cc1ncn(-c2nccc(Br)c2F)n1. The van der Waals surface area contributed by atoms with Gasteiger partial charge in [0.1, 0.15) is 12.2 Å². The van der Waals surface area contributed by atoms with Crippen LogP contribution in [0.4, 0.5) is 4.39 Å². The lowest BCUT2D eigenvalue weighted by Crippen LogP contribution is -2.02. The van der Waals surface area contributed by atoms with E-state index in [1.165, 1.54) is 23.3 Å². The minimum absolute atomic E-state index is 0.139. The van der Waals surface area contributed by atoms with Gasteiger partial charge in [-0.15, -0.1) is 0 Å². The summed E-state index contributed by atoms with van der Waals surface area (Å²) in [4.78, 5) is 7.77. The number of aromatic nitrogens is 4. The topological polar surface area (TPSA) is 43.6 Å². The molecule has 0 radical (unpaired) electrons. The summed E-state index contributed by atoms with van der Waals surface area (Å²) >= 11 is 3.07. The Morgan fingerprint density at radius 3 is 2.86 bits per heavy atom. The first-order valence-electron chi connectivity index (χ1n) is 3.87. The molecule has 0 aliphatic carbocycles. The van der Waals surface area contributed by atoms with Crippen molar-refractivity contribution in [2.24, 2.45) is 0 Å². The maximum absolute atomic E-state index is 13.5. The standard InChI is InChI=1S/C8H6BrFN4/c1-5-12-4-14(13-5)8-7(10)6(9)2-3-11-8/h2-4H,1H3. The summed E-state index contributed by atoms with van der Waals surface area (Å²) in [6.07, 6.45) is 2.92. The van der Waals surface area contributed by atoms with Crippen LogP contribution in [0.5, 0.6) is 0 Å². The third-order valence-corrected chi connectivity index (χ3v) is 2.26. The first-order valence-corrected chi connectivity index (χ1v) is 4.66. The van der Waals surface area contributed by atoms with Gasteiger partial charge in [-0.05, 0) is 28.9 Å². The summed E-state index contributed by atoms with van der Waals surface area (Å²) in [5.41, 5.74) is 0.